The van der Waals surface area contributed by atoms with Gasteiger partial charge in [0.05, 0.1) is 69.7 Å². The molecule has 0 aromatic carbocycles. The molecule has 4 amide bonds. The van der Waals surface area contributed by atoms with Crippen molar-refractivity contribution < 1.29 is 161 Å². The number of rotatable bonds is 16. The van der Waals surface area contributed by atoms with Crippen molar-refractivity contribution in [3.63, 3.8) is 0 Å². The minimum atomic E-state index is -0.721. The summed E-state index contributed by atoms with van der Waals surface area (Å²) in [6.45, 7) is -1.01. The van der Waals surface area contributed by atoms with Crippen LogP contribution in [0.15, 0.2) is 0 Å². The van der Waals surface area contributed by atoms with E-state index >= 15 is 0 Å². The van der Waals surface area contributed by atoms with Gasteiger partial charge in [-0.05, 0) is 0 Å². The molecule has 0 saturated carbocycles. The molecule has 0 heterocycles. The first-order valence-corrected chi connectivity index (χ1v) is 12.6. The van der Waals surface area contributed by atoms with Gasteiger partial charge >= 0.3 is 24.4 Å². The minimum Gasteiger partial charge on any atom is -0.399 e. The Labute approximate surface area is 327 Å². The Hall–Kier alpha value is -0.487. The van der Waals surface area contributed by atoms with Crippen molar-refractivity contribution in [2.75, 3.05) is 124 Å². The molecule has 0 spiro atoms. The van der Waals surface area contributed by atoms with Gasteiger partial charge in [0.2, 0.25) is 26.9 Å². The average molecular weight is 1360 g/mol. The third-order valence-corrected chi connectivity index (χ3v) is 4.64. The first kappa shape index (κ1) is 57.8. The predicted octanol–water partition coefficient (Wildman–Crippen LogP) is -3.28. The number of hydrogen-bond acceptors (Lipinski definition) is 12. The van der Waals surface area contributed by atoms with Gasteiger partial charge in [-0.25, -0.2) is 19.2 Å². The molecule has 20 nitrogen and oxygen atoms in total. The van der Waals surface area contributed by atoms with Gasteiger partial charge in [0.15, 0.2) is 26.9 Å². The van der Waals surface area contributed by atoms with E-state index in [-0.39, 0.29) is 169 Å². The van der Waals surface area contributed by atoms with Gasteiger partial charge in [-0.2, -0.15) is 0 Å². The fourth-order valence-electron chi connectivity index (χ4n) is 1.68. The van der Waals surface area contributed by atoms with E-state index in [0.29, 0.717) is 0 Å². The number of alkyl carbamates (subject to hydrolysis) is 4. The quantitative estimate of drug-likeness (QED) is 0.0432. The van der Waals surface area contributed by atoms with E-state index < -0.39 is 24.4 Å². The van der Waals surface area contributed by atoms with E-state index in [2.05, 4.69) is 21.3 Å². The number of quaternary nitrogens is 4. The molecule has 46 heavy (non-hydrogen) atoms. The van der Waals surface area contributed by atoms with Crippen LogP contribution in [0.3, 0.4) is 0 Å². The van der Waals surface area contributed by atoms with Crippen LogP contribution in [0.1, 0.15) is 0 Å². The fraction of sp³-hybridized carbons (Fsp3) is 0.818. The number of nitrogens with one attached hydrogen (secondary N) is 4. The molecule has 0 aromatic rings. The zero-order chi connectivity index (χ0) is 33.0. The van der Waals surface area contributed by atoms with Crippen molar-refractivity contribution in [3.8, 4) is 0 Å². The van der Waals surface area contributed by atoms with E-state index in [1.807, 2.05) is 0 Å². The van der Waals surface area contributed by atoms with E-state index in [1.54, 1.807) is 56.4 Å². The standard InChI is InChI=1S/2C11H24N4O6.4W/c2*1-14(2,6-16)8-20-10(18)12-5-13-11(19)21-9-15(3,4)7-17;;;;/h2*16-17H,5-9H2,1-4H3;;;;/p+4. The second-order valence-electron chi connectivity index (χ2n) is 11.6. The third-order valence-electron chi connectivity index (χ3n) is 4.64. The molecule has 0 aliphatic carbocycles. The molecule has 0 saturated heterocycles. The summed E-state index contributed by atoms with van der Waals surface area (Å²) in [5, 5.41) is 45.1. The molecule has 8 N–H and O–H groups in total. The summed E-state index contributed by atoms with van der Waals surface area (Å²) in [6.07, 6.45) is -2.88. The van der Waals surface area contributed by atoms with Crippen LogP contribution in [0.25, 0.3) is 0 Å². The maximum Gasteiger partial charge on any atom is 0.412 e. The molecule has 0 radical (unpaired) electrons. The van der Waals surface area contributed by atoms with Crippen molar-refractivity contribution in [2.45, 2.75) is 0 Å². The van der Waals surface area contributed by atoms with Crippen molar-refractivity contribution in [1.82, 2.24) is 21.3 Å². The van der Waals surface area contributed by atoms with Crippen LogP contribution in [0.4, 0.5) is 19.2 Å². The summed E-state index contributed by atoms with van der Waals surface area (Å²) in [5.74, 6) is 0. The summed E-state index contributed by atoms with van der Waals surface area (Å²) in [5.41, 5.74) is 0. The van der Waals surface area contributed by atoms with Crippen LogP contribution in [-0.2, 0) is 103 Å². The van der Waals surface area contributed by atoms with Crippen molar-refractivity contribution >= 4 is 24.4 Å². The topological polar surface area (TPSA) is 234 Å². The monoisotopic (exact) mass is 1360 g/mol. The first-order chi connectivity index (χ1) is 19.2. The van der Waals surface area contributed by atoms with E-state index in [9.17, 15) is 19.2 Å². The van der Waals surface area contributed by atoms with E-state index in [4.69, 9.17) is 39.4 Å². The SMILES string of the molecule is C[N+](C)(CO)COC(=O)NCNC(=O)OC[N+](C)(C)CO.C[N+](C)(CO)COC(=O)NCNC(=O)OC[N+](C)(C)CO.[W].[W].[W].[W]. The predicted molar refractivity (Wildman–Crippen MR) is 144 cm³/mol. The van der Waals surface area contributed by atoms with Crippen molar-refractivity contribution in [2.24, 2.45) is 0 Å². The van der Waals surface area contributed by atoms with Crippen LogP contribution >= 0.6 is 0 Å². The second-order valence-corrected chi connectivity index (χ2v) is 11.6. The fourth-order valence-corrected chi connectivity index (χ4v) is 1.68. The maximum absolute atomic E-state index is 11.3. The summed E-state index contributed by atoms with van der Waals surface area (Å²) in [6, 6.07) is 0. The van der Waals surface area contributed by atoms with Gasteiger partial charge in [0, 0.05) is 84.3 Å². The summed E-state index contributed by atoms with van der Waals surface area (Å²) in [4.78, 5) is 45.2. The third kappa shape index (κ3) is 34.8. The molecule has 0 fully saturated rings. The largest absolute Gasteiger partial charge is 0.412 e. The normalized spacial score (nSPS) is 10.7. The molecule has 0 bridgehead atoms. The summed E-state index contributed by atoms with van der Waals surface area (Å²) >= 11 is 0. The number of carbonyl (C=O) groups excluding carboxylic acids is 4. The van der Waals surface area contributed by atoms with Gasteiger partial charge in [-0.15, -0.1) is 0 Å². The van der Waals surface area contributed by atoms with Gasteiger partial charge in [0.1, 0.15) is 0 Å². The molecular weight excluding hydrogens is 1300 g/mol. The Balaban J connectivity index is -0.000000160. The van der Waals surface area contributed by atoms with Gasteiger partial charge in [0.25, 0.3) is 0 Å². The number of amides is 4. The number of carbonyl (C=O) groups is 4. The number of nitrogens with zero attached hydrogens (tertiary/aromatic N) is 4. The molecule has 0 aliphatic rings. The van der Waals surface area contributed by atoms with Crippen LogP contribution in [0, 0.1) is 0 Å². The van der Waals surface area contributed by atoms with Crippen LogP contribution < -0.4 is 21.3 Å². The Morgan fingerprint density at radius 2 is 0.565 bits per heavy atom. The average Bonchev–Trinajstić information content (AvgIpc) is 2.93. The Kier molecular flexibility index (Phi) is 37.0. The maximum atomic E-state index is 11.3. The van der Waals surface area contributed by atoms with Crippen LogP contribution in [0.2, 0.25) is 0 Å². The minimum absolute atomic E-state index is 0. The zero-order valence-electron chi connectivity index (χ0n) is 27.5. The van der Waals surface area contributed by atoms with Gasteiger partial charge in [-0.3, -0.25) is 17.9 Å². The number of hydrogen-bond donors (Lipinski definition) is 8. The van der Waals surface area contributed by atoms with E-state index in [1.165, 1.54) is 0 Å². The molecule has 0 unspecified atom stereocenters. The van der Waals surface area contributed by atoms with Gasteiger partial charge in [-0.1, -0.05) is 0 Å². The molecule has 0 atom stereocenters. The van der Waals surface area contributed by atoms with Crippen LogP contribution in [0.5, 0.6) is 0 Å². The summed E-state index contributed by atoms with van der Waals surface area (Å²) < 4.78 is 19.8. The number of aliphatic hydroxyl groups excluding tert-OH is 4. The molecule has 272 valence electrons. The number of ether oxygens (including phenoxy) is 4. The molecule has 24 heteroatoms. The van der Waals surface area contributed by atoms with Crippen molar-refractivity contribution in [1.29, 1.82) is 0 Å². The number of aliphatic hydroxyl groups is 4. The van der Waals surface area contributed by atoms with Gasteiger partial charge < -0.3 is 60.6 Å². The first-order valence-electron chi connectivity index (χ1n) is 12.6. The Morgan fingerprint density at radius 3 is 0.696 bits per heavy atom. The Morgan fingerprint density at radius 1 is 0.413 bits per heavy atom. The van der Waals surface area contributed by atoms with Crippen LogP contribution in [-0.4, -0.2) is 186 Å². The zero-order valence-corrected chi connectivity index (χ0v) is 39.3. The molecular formula is C22H52N8O12W4+4. The summed E-state index contributed by atoms with van der Waals surface area (Å²) in [7, 11) is 13.5. The molecule has 0 aromatic heterocycles. The Bertz CT molecular complexity index is 717. The smallest absolute Gasteiger partial charge is 0.399 e. The molecule has 0 aliphatic heterocycles. The van der Waals surface area contributed by atoms with Crippen molar-refractivity contribution in [3.05, 3.63) is 0 Å². The second kappa shape index (κ2) is 29.4. The molecule has 0 rings (SSSR count). The van der Waals surface area contributed by atoms with E-state index in [0.717, 1.165) is 0 Å².